The maximum absolute atomic E-state index is 11.4. The molecule has 0 amide bonds. The van der Waals surface area contributed by atoms with Crippen LogP contribution in [0.1, 0.15) is 6.92 Å². The van der Waals surface area contributed by atoms with Crippen molar-refractivity contribution in [3.63, 3.8) is 0 Å². The summed E-state index contributed by atoms with van der Waals surface area (Å²) in [4.78, 5) is 11.4. The SMILES string of the molecule is C/C(=C\C(=O)[Si](C)(C)C)[Te]Br. The van der Waals surface area contributed by atoms with E-state index in [1.807, 2.05) is 13.0 Å². The standard InChI is InChI=1S/C7H13BrOSiTe/c1-6(11-8)5-7(9)10(2,3)4/h5H,1-4H3/b6-5+. The first-order valence-electron chi connectivity index (χ1n) is 3.39. The molecule has 0 unspecified atom stereocenters. The van der Waals surface area contributed by atoms with Crippen molar-refractivity contribution in [1.82, 2.24) is 0 Å². The van der Waals surface area contributed by atoms with Gasteiger partial charge in [0, 0.05) is 0 Å². The minimum atomic E-state index is -1.55. The van der Waals surface area contributed by atoms with Crippen LogP contribution in [0.5, 0.6) is 0 Å². The molecule has 0 aromatic heterocycles. The van der Waals surface area contributed by atoms with Crippen LogP contribution in [0.4, 0.5) is 0 Å². The minimum absolute atomic E-state index is 0.218. The van der Waals surface area contributed by atoms with Crippen molar-refractivity contribution < 1.29 is 4.79 Å². The fourth-order valence-electron chi connectivity index (χ4n) is 0.423. The molecular weight excluding hydrogens is 336 g/mol. The summed E-state index contributed by atoms with van der Waals surface area (Å²) in [5, 5.41) is 0.361. The van der Waals surface area contributed by atoms with E-state index in [1.54, 1.807) is 0 Å². The molecule has 4 heteroatoms. The average molecular weight is 349 g/mol. The Labute approximate surface area is 85.5 Å². The van der Waals surface area contributed by atoms with Crippen LogP contribution in [-0.4, -0.2) is 32.2 Å². The van der Waals surface area contributed by atoms with E-state index in [0.717, 1.165) is 0 Å². The van der Waals surface area contributed by atoms with Gasteiger partial charge < -0.3 is 0 Å². The van der Waals surface area contributed by atoms with Gasteiger partial charge in [0.1, 0.15) is 0 Å². The van der Waals surface area contributed by atoms with Gasteiger partial charge in [-0.3, -0.25) is 0 Å². The summed E-state index contributed by atoms with van der Waals surface area (Å²) in [5.74, 6) is 0. The zero-order chi connectivity index (χ0) is 9.07. The van der Waals surface area contributed by atoms with Crippen LogP contribution in [0.2, 0.25) is 19.6 Å². The molecule has 0 aromatic rings. The number of halogens is 1. The summed E-state index contributed by atoms with van der Waals surface area (Å²) in [6.07, 6.45) is 1.82. The molecule has 0 fully saturated rings. The van der Waals surface area contributed by atoms with Gasteiger partial charge >= 0.3 is 86.0 Å². The van der Waals surface area contributed by atoms with Gasteiger partial charge in [-0.15, -0.1) is 0 Å². The number of hydrogen-bond donors (Lipinski definition) is 0. The quantitative estimate of drug-likeness (QED) is 0.565. The summed E-state index contributed by atoms with van der Waals surface area (Å²) < 4.78 is 1.24. The van der Waals surface area contributed by atoms with Crippen LogP contribution in [0.3, 0.4) is 0 Å². The first-order chi connectivity index (χ1) is 4.88. The van der Waals surface area contributed by atoms with Crippen molar-refractivity contribution in [2.45, 2.75) is 26.6 Å². The van der Waals surface area contributed by atoms with Crippen molar-refractivity contribution in [2.24, 2.45) is 0 Å². The van der Waals surface area contributed by atoms with E-state index in [4.69, 9.17) is 0 Å². The Bertz CT molecular complexity index is 183. The number of allylic oxidation sites excluding steroid dienone is 2. The third-order valence-corrected chi connectivity index (χ3v) is 7.27. The van der Waals surface area contributed by atoms with Crippen LogP contribution in [0.25, 0.3) is 0 Å². The van der Waals surface area contributed by atoms with Gasteiger partial charge in [0.05, 0.1) is 0 Å². The van der Waals surface area contributed by atoms with Crippen LogP contribution in [-0.2, 0) is 4.79 Å². The third-order valence-electron chi connectivity index (χ3n) is 1.20. The topological polar surface area (TPSA) is 17.1 Å². The molecular formula is C7H13BrOSiTe. The predicted molar refractivity (Wildman–Crippen MR) is 56.8 cm³/mol. The molecule has 0 bridgehead atoms. The Kier molecular flexibility index (Phi) is 5.20. The normalized spacial score (nSPS) is 13.4. The van der Waals surface area contributed by atoms with Gasteiger partial charge in [-0.25, -0.2) is 0 Å². The third kappa shape index (κ3) is 5.19. The van der Waals surface area contributed by atoms with Gasteiger partial charge in [-0.2, -0.15) is 0 Å². The molecule has 0 heterocycles. The van der Waals surface area contributed by atoms with Crippen LogP contribution < -0.4 is 0 Å². The molecule has 11 heavy (non-hydrogen) atoms. The first kappa shape index (κ1) is 11.9. The zero-order valence-corrected chi connectivity index (χ0v) is 12.2. The van der Waals surface area contributed by atoms with E-state index < -0.39 is 8.07 Å². The van der Waals surface area contributed by atoms with Crippen molar-refractivity contribution >= 4 is 45.0 Å². The Balaban J connectivity index is 4.30. The monoisotopic (exact) mass is 350 g/mol. The molecule has 0 aromatic carbocycles. The van der Waals surface area contributed by atoms with E-state index in [0.29, 0.717) is 5.41 Å². The first-order valence-corrected chi connectivity index (χ1v) is 13.3. The number of rotatable bonds is 3. The van der Waals surface area contributed by atoms with Gasteiger partial charge in [0.15, 0.2) is 0 Å². The molecule has 0 aliphatic rings. The molecule has 0 saturated carbocycles. The van der Waals surface area contributed by atoms with Crippen LogP contribution >= 0.6 is 12.8 Å². The molecule has 0 aliphatic heterocycles. The van der Waals surface area contributed by atoms with E-state index >= 15 is 0 Å². The second kappa shape index (κ2) is 4.81. The van der Waals surface area contributed by atoms with Crippen LogP contribution in [0.15, 0.2) is 9.70 Å². The van der Waals surface area contributed by atoms with E-state index in [-0.39, 0.29) is 18.7 Å². The molecule has 0 atom stereocenters. The summed E-state index contributed by atoms with van der Waals surface area (Å²) in [5.41, 5.74) is 0. The van der Waals surface area contributed by atoms with Gasteiger partial charge in [0.2, 0.25) is 0 Å². The average Bonchev–Trinajstić information content (AvgIpc) is 1.85. The number of carbonyl (C=O) groups is 1. The summed E-state index contributed by atoms with van der Waals surface area (Å²) >= 11 is 3.22. The van der Waals surface area contributed by atoms with Crippen molar-refractivity contribution in [3.05, 3.63) is 9.70 Å². The fraction of sp³-hybridized carbons (Fsp3) is 0.571. The molecule has 0 rings (SSSR count). The Morgan fingerprint density at radius 3 is 2.18 bits per heavy atom. The second-order valence-corrected chi connectivity index (χ2v) is 12.9. The van der Waals surface area contributed by atoms with Gasteiger partial charge in [-0.05, 0) is 0 Å². The molecule has 0 spiro atoms. The molecule has 1 nitrogen and oxygen atoms in total. The zero-order valence-electron chi connectivity index (χ0n) is 7.27. The van der Waals surface area contributed by atoms with E-state index in [1.165, 1.54) is 3.62 Å². The van der Waals surface area contributed by atoms with Crippen molar-refractivity contribution in [1.29, 1.82) is 0 Å². The van der Waals surface area contributed by atoms with Gasteiger partial charge in [-0.1, -0.05) is 0 Å². The van der Waals surface area contributed by atoms with E-state index in [2.05, 4.69) is 32.4 Å². The number of hydrogen-bond acceptors (Lipinski definition) is 1. The molecule has 0 aliphatic carbocycles. The molecule has 0 saturated heterocycles. The molecule has 0 radical (unpaired) electrons. The van der Waals surface area contributed by atoms with E-state index in [9.17, 15) is 4.79 Å². The summed E-state index contributed by atoms with van der Waals surface area (Å²) in [7, 11) is -1.55. The summed E-state index contributed by atoms with van der Waals surface area (Å²) in [6, 6.07) is 0. The van der Waals surface area contributed by atoms with Crippen molar-refractivity contribution in [2.75, 3.05) is 0 Å². The maximum atomic E-state index is 11.4. The summed E-state index contributed by atoms with van der Waals surface area (Å²) in [6.45, 7) is 8.25. The Hall–Kier alpha value is 0.896. The second-order valence-electron chi connectivity index (χ2n) is 3.45. The Morgan fingerprint density at radius 2 is 1.91 bits per heavy atom. The fourth-order valence-corrected chi connectivity index (χ4v) is 2.46. The molecule has 64 valence electrons. The van der Waals surface area contributed by atoms with Gasteiger partial charge in [0.25, 0.3) is 0 Å². The molecule has 0 N–H and O–H groups in total. The van der Waals surface area contributed by atoms with Crippen LogP contribution in [0, 0.1) is 0 Å². The van der Waals surface area contributed by atoms with Crippen molar-refractivity contribution in [3.8, 4) is 0 Å². The Morgan fingerprint density at radius 1 is 1.45 bits per heavy atom. The predicted octanol–water partition coefficient (Wildman–Crippen LogP) is 2.35. The number of carbonyl (C=O) groups excluding carboxylic acids is 1.